The van der Waals surface area contributed by atoms with E-state index >= 15 is 26.3 Å². The van der Waals surface area contributed by atoms with Crippen molar-refractivity contribution >= 4 is 43.1 Å². The van der Waals surface area contributed by atoms with E-state index < -0.39 is 34.9 Å². The van der Waals surface area contributed by atoms with Crippen molar-refractivity contribution in [3.63, 3.8) is 0 Å². The maximum atomic E-state index is 15.6. The summed E-state index contributed by atoms with van der Waals surface area (Å²) in [6, 6.07) is 81.4. The van der Waals surface area contributed by atoms with Crippen LogP contribution in [-0.2, 0) is 0 Å². The number of fused-ring (bicyclic) bond motifs is 8. The number of benzene rings is 15. The van der Waals surface area contributed by atoms with Gasteiger partial charge in [-0.25, -0.2) is 26.3 Å². The lowest BCUT2D eigenvalue weighted by molar-refractivity contribution is 0.627. The minimum Gasteiger partial charge on any atom is -0.207 e. The summed E-state index contributed by atoms with van der Waals surface area (Å²) in [5.74, 6) is -2.44. The molecular formula is C82H44F6. The largest absolute Gasteiger partial charge is 0.207 e. The molecule has 0 bridgehead atoms. The average molecular weight is 1140 g/mol. The van der Waals surface area contributed by atoms with Crippen molar-refractivity contribution in [1.82, 2.24) is 0 Å². The van der Waals surface area contributed by atoms with Crippen LogP contribution in [0.25, 0.3) is 177 Å². The van der Waals surface area contributed by atoms with Gasteiger partial charge in [-0.1, -0.05) is 182 Å². The molecule has 88 heavy (non-hydrogen) atoms. The summed E-state index contributed by atoms with van der Waals surface area (Å²) in [5, 5.41) is 8.04. The molecule has 0 fully saturated rings. The predicted molar refractivity (Wildman–Crippen MR) is 349 cm³/mol. The SMILES string of the molecule is Fc1cccc(-c2cc(-c3cccc(F)c3)c3c(c2-c2cccc(F)c2)-c2cccc4c(-c5c6ccccc6c(-c6ccc7c8c(cccc68)-c6c(-c8cccc(F)c8)c(-c8cccc(F)c8)cc(-c8cccc(F)c8)c6-7)c6ccccc56)ccc-3c24)c1. The fourth-order valence-electron chi connectivity index (χ4n) is 14.7. The van der Waals surface area contributed by atoms with E-state index in [1.807, 2.05) is 48.5 Å². The molecule has 17 rings (SSSR count). The van der Waals surface area contributed by atoms with Gasteiger partial charge in [0.15, 0.2) is 0 Å². The number of hydrogen-bond donors (Lipinski definition) is 0. The molecule has 6 heteroatoms. The first-order valence-corrected chi connectivity index (χ1v) is 29.2. The predicted octanol–water partition coefficient (Wildman–Crippen LogP) is 23.8. The maximum absolute atomic E-state index is 15.6. The van der Waals surface area contributed by atoms with Crippen LogP contribution in [0.3, 0.4) is 0 Å². The monoisotopic (exact) mass is 1140 g/mol. The third kappa shape index (κ3) is 7.81. The molecule has 15 aromatic rings. The van der Waals surface area contributed by atoms with Gasteiger partial charge in [0.1, 0.15) is 34.9 Å². The highest BCUT2D eigenvalue weighted by atomic mass is 19.1. The van der Waals surface area contributed by atoms with Gasteiger partial charge in [0.25, 0.3) is 0 Å². The molecule has 0 unspecified atom stereocenters. The fraction of sp³-hybridized carbons (Fsp3) is 0. The Labute approximate surface area is 502 Å². The molecule has 0 heterocycles. The fourth-order valence-corrected chi connectivity index (χ4v) is 14.7. The number of hydrogen-bond acceptors (Lipinski definition) is 0. The Kier molecular flexibility index (Phi) is 11.5. The zero-order valence-electron chi connectivity index (χ0n) is 46.7. The van der Waals surface area contributed by atoms with E-state index in [4.69, 9.17) is 0 Å². The van der Waals surface area contributed by atoms with Gasteiger partial charge < -0.3 is 0 Å². The standard InChI is InChI=1S/C82H44F6/c83-51-19-5-13-45(37-51)69-43-71(47-15-7-21-53(85)39-47)79-67-35-33-63(61-29-11-31-65(77(61)67)81(79)73(69)49-17-9-23-55(87)41-49)75-57-25-1-2-26-58(57)76(60-28-4-3-27-59(60)75)64-34-36-68-78-62(64)30-12-32-66(78)82-74(50-18-10-24-56(88)42-50)70(46-14-6-20-52(84)38-46)44-72(80(68)82)48-16-8-22-54(86)40-48/h1-44H. The van der Waals surface area contributed by atoms with Crippen LogP contribution in [-0.4, -0.2) is 0 Å². The van der Waals surface area contributed by atoms with Crippen molar-refractivity contribution in [2.45, 2.75) is 0 Å². The van der Waals surface area contributed by atoms with E-state index in [0.717, 1.165) is 132 Å². The van der Waals surface area contributed by atoms with E-state index in [0.29, 0.717) is 44.5 Å². The molecule has 0 aliphatic heterocycles. The Balaban J connectivity index is 0.923. The van der Waals surface area contributed by atoms with Crippen LogP contribution in [0.4, 0.5) is 26.3 Å². The molecular weight excluding hydrogens is 1100 g/mol. The Bertz CT molecular complexity index is 5140. The molecule has 0 atom stereocenters. The Morgan fingerprint density at radius 1 is 0.148 bits per heavy atom. The lowest BCUT2D eigenvalue weighted by Gasteiger charge is -2.21. The summed E-state index contributed by atoms with van der Waals surface area (Å²) in [5.41, 5.74) is 19.3. The smallest absolute Gasteiger partial charge is 0.123 e. The summed E-state index contributed by atoms with van der Waals surface area (Å²) in [6.45, 7) is 0. The first-order chi connectivity index (χ1) is 43.1. The summed E-state index contributed by atoms with van der Waals surface area (Å²) in [4.78, 5) is 0. The third-order valence-corrected chi connectivity index (χ3v) is 18.1. The second-order valence-electron chi connectivity index (χ2n) is 22.9. The van der Waals surface area contributed by atoms with Crippen LogP contribution in [0.2, 0.25) is 0 Å². The molecule has 0 radical (unpaired) electrons. The first-order valence-electron chi connectivity index (χ1n) is 29.2. The van der Waals surface area contributed by atoms with E-state index in [1.165, 1.54) is 72.8 Å². The normalized spacial score (nSPS) is 12.0. The van der Waals surface area contributed by atoms with Gasteiger partial charge in [-0.15, -0.1) is 0 Å². The Morgan fingerprint density at radius 3 is 0.716 bits per heavy atom. The molecule has 0 saturated heterocycles. The van der Waals surface area contributed by atoms with Gasteiger partial charge in [0, 0.05) is 0 Å². The van der Waals surface area contributed by atoms with Crippen molar-refractivity contribution in [1.29, 1.82) is 0 Å². The van der Waals surface area contributed by atoms with Crippen molar-refractivity contribution in [3.8, 4) is 134 Å². The minimum atomic E-state index is -0.417. The van der Waals surface area contributed by atoms with Gasteiger partial charge >= 0.3 is 0 Å². The molecule has 2 aliphatic carbocycles. The highest BCUT2D eigenvalue weighted by Gasteiger charge is 2.35. The average Bonchev–Trinajstić information content (AvgIpc) is 1.50. The Hall–Kier alpha value is -11.1. The molecule has 0 amide bonds. The quantitative estimate of drug-likeness (QED) is 0.105. The van der Waals surface area contributed by atoms with Gasteiger partial charge in [-0.3, -0.25) is 0 Å². The number of rotatable bonds is 8. The highest BCUT2D eigenvalue weighted by molar-refractivity contribution is 6.31. The van der Waals surface area contributed by atoms with Crippen LogP contribution in [0.5, 0.6) is 0 Å². The lowest BCUT2D eigenvalue weighted by atomic mass is 9.82. The summed E-state index contributed by atoms with van der Waals surface area (Å²) >= 11 is 0. The molecule has 0 aromatic heterocycles. The molecule has 414 valence electrons. The van der Waals surface area contributed by atoms with Gasteiger partial charge in [-0.2, -0.15) is 0 Å². The maximum Gasteiger partial charge on any atom is 0.123 e. The first kappa shape index (κ1) is 51.3. The van der Waals surface area contributed by atoms with Crippen LogP contribution in [0.15, 0.2) is 267 Å². The second-order valence-corrected chi connectivity index (χ2v) is 22.9. The highest BCUT2D eigenvalue weighted by Crippen LogP contribution is 2.61. The van der Waals surface area contributed by atoms with Gasteiger partial charge in [-0.05, 0) is 262 Å². The summed E-state index contributed by atoms with van der Waals surface area (Å²) in [7, 11) is 0. The van der Waals surface area contributed by atoms with Crippen molar-refractivity contribution in [2.75, 3.05) is 0 Å². The van der Waals surface area contributed by atoms with Gasteiger partial charge in [0.05, 0.1) is 0 Å². The van der Waals surface area contributed by atoms with Crippen LogP contribution in [0, 0.1) is 34.9 Å². The zero-order valence-corrected chi connectivity index (χ0v) is 46.7. The molecule has 2 aliphatic rings. The van der Waals surface area contributed by atoms with Crippen molar-refractivity contribution < 1.29 is 26.3 Å². The second kappa shape index (κ2) is 19.7. The lowest BCUT2D eigenvalue weighted by Crippen LogP contribution is -1.95. The topological polar surface area (TPSA) is 0 Å². The summed E-state index contributed by atoms with van der Waals surface area (Å²) in [6.07, 6.45) is 0. The number of halogens is 6. The third-order valence-electron chi connectivity index (χ3n) is 18.1. The van der Waals surface area contributed by atoms with Crippen molar-refractivity contribution in [3.05, 3.63) is 302 Å². The van der Waals surface area contributed by atoms with Crippen LogP contribution < -0.4 is 0 Å². The molecule has 0 spiro atoms. The van der Waals surface area contributed by atoms with Crippen LogP contribution in [0.1, 0.15) is 0 Å². The minimum absolute atomic E-state index is 0.394. The van der Waals surface area contributed by atoms with E-state index in [9.17, 15) is 0 Å². The van der Waals surface area contributed by atoms with E-state index in [-0.39, 0.29) is 0 Å². The van der Waals surface area contributed by atoms with Crippen LogP contribution >= 0.6 is 0 Å². The van der Waals surface area contributed by atoms with Gasteiger partial charge in [0.2, 0.25) is 0 Å². The molecule has 15 aromatic carbocycles. The summed E-state index contributed by atoms with van der Waals surface area (Å²) < 4.78 is 93.0. The van der Waals surface area contributed by atoms with E-state index in [2.05, 4.69) is 109 Å². The zero-order chi connectivity index (χ0) is 59.1. The molecule has 0 N–H and O–H groups in total. The molecule has 0 saturated carbocycles. The Morgan fingerprint density at radius 2 is 0.398 bits per heavy atom. The van der Waals surface area contributed by atoms with Crippen molar-refractivity contribution in [2.24, 2.45) is 0 Å². The van der Waals surface area contributed by atoms with E-state index in [1.54, 1.807) is 36.4 Å². The molecule has 0 nitrogen and oxygen atoms in total.